The molecule has 2 heterocycles. The number of nitrogens with one attached hydrogen (secondary N) is 1. The molecule has 2 rings (SSSR count). The Morgan fingerprint density at radius 1 is 1.56 bits per heavy atom. The fourth-order valence-corrected chi connectivity index (χ4v) is 2.17. The maximum Gasteiger partial charge on any atom is 0.311 e. The van der Waals surface area contributed by atoms with Crippen molar-refractivity contribution in [2.45, 2.75) is 19.4 Å². The van der Waals surface area contributed by atoms with E-state index in [1.165, 1.54) is 6.07 Å². The van der Waals surface area contributed by atoms with Crippen LogP contribution in [0.25, 0.3) is 0 Å². The molecule has 1 fully saturated rings. The van der Waals surface area contributed by atoms with Crippen molar-refractivity contribution in [1.29, 1.82) is 0 Å². The molecule has 0 aromatic carbocycles. The average Bonchev–Trinajstić information content (AvgIpc) is 2.27. The standard InChI is InChI=1S/C11H17N5O2/c1-11(2)7-13-5-6-15(11)9-4-3-8(16(17)18)10(12)14-9/h3-4,13H,5-7H2,1-2H3,(H2,12,14). The quantitative estimate of drug-likeness (QED) is 0.595. The van der Waals surface area contributed by atoms with Crippen LogP contribution >= 0.6 is 0 Å². The van der Waals surface area contributed by atoms with Crippen molar-refractivity contribution >= 4 is 17.3 Å². The van der Waals surface area contributed by atoms with Gasteiger partial charge in [-0.1, -0.05) is 0 Å². The molecule has 7 heteroatoms. The van der Waals surface area contributed by atoms with E-state index in [-0.39, 0.29) is 17.0 Å². The summed E-state index contributed by atoms with van der Waals surface area (Å²) in [6, 6.07) is 3.07. The van der Waals surface area contributed by atoms with E-state index in [4.69, 9.17) is 5.73 Å². The van der Waals surface area contributed by atoms with E-state index in [1.807, 2.05) is 0 Å². The molecule has 18 heavy (non-hydrogen) atoms. The first-order valence-corrected chi connectivity index (χ1v) is 5.81. The molecule has 0 spiro atoms. The fraction of sp³-hybridized carbons (Fsp3) is 0.545. The van der Waals surface area contributed by atoms with Gasteiger partial charge in [-0.05, 0) is 19.9 Å². The van der Waals surface area contributed by atoms with Crippen LogP contribution in [0.4, 0.5) is 17.3 Å². The molecule has 0 unspecified atom stereocenters. The molecule has 0 bridgehead atoms. The van der Waals surface area contributed by atoms with Gasteiger partial charge in [-0.25, -0.2) is 4.98 Å². The van der Waals surface area contributed by atoms with E-state index in [1.54, 1.807) is 6.07 Å². The summed E-state index contributed by atoms with van der Waals surface area (Å²) in [5.74, 6) is 0.649. The zero-order valence-electron chi connectivity index (χ0n) is 10.5. The zero-order chi connectivity index (χ0) is 13.3. The molecule has 3 N–H and O–H groups in total. The van der Waals surface area contributed by atoms with E-state index in [2.05, 4.69) is 29.0 Å². The normalized spacial score (nSPS) is 18.7. The minimum atomic E-state index is -0.519. The number of nitro groups is 1. The molecule has 0 aliphatic carbocycles. The Bertz CT molecular complexity index is 475. The van der Waals surface area contributed by atoms with E-state index in [9.17, 15) is 10.1 Å². The molecule has 1 aliphatic heterocycles. The highest BCUT2D eigenvalue weighted by Crippen LogP contribution is 2.27. The topological polar surface area (TPSA) is 97.3 Å². The molecule has 0 atom stereocenters. The van der Waals surface area contributed by atoms with Gasteiger partial charge < -0.3 is 16.0 Å². The van der Waals surface area contributed by atoms with E-state index in [0.717, 1.165) is 19.6 Å². The molecular weight excluding hydrogens is 234 g/mol. The van der Waals surface area contributed by atoms with Crippen molar-refractivity contribution in [2.75, 3.05) is 30.3 Å². The molecule has 98 valence electrons. The number of nitrogens with two attached hydrogens (primary N) is 1. The third kappa shape index (κ3) is 2.21. The Balaban J connectivity index is 2.34. The SMILES string of the molecule is CC1(C)CNCCN1c1ccc([N+](=O)[O-])c(N)n1. The highest BCUT2D eigenvalue weighted by Gasteiger charge is 2.31. The van der Waals surface area contributed by atoms with Gasteiger partial charge in [0.05, 0.1) is 4.92 Å². The van der Waals surface area contributed by atoms with Gasteiger partial charge in [-0.3, -0.25) is 10.1 Å². The van der Waals surface area contributed by atoms with Gasteiger partial charge in [-0.15, -0.1) is 0 Å². The molecule has 1 saturated heterocycles. The third-order valence-corrected chi connectivity index (χ3v) is 3.16. The highest BCUT2D eigenvalue weighted by atomic mass is 16.6. The number of aromatic nitrogens is 1. The number of anilines is 2. The number of nitrogen functional groups attached to an aromatic ring is 1. The second-order valence-electron chi connectivity index (χ2n) is 4.97. The van der Waals surface area contributed by atoms with Gasteiger partial charge in [0.1, 0.15) is 5.82 Å². The summed E-state index contributed by atoms with van der Waals surface area (Å²) in [6.45, 7) is 6.70. The Hall–Kier alpha value is -1.89. The van der Waals surface area contributed by atoms with Crippen molar-refractivity contribution in [3.8, 4) is 0 Å². The van der Waals surface area contributed by atoms with Crippen molar-refractivity contribution in [2.24, 2.45) is 0 Å². The summed E-state index contributed by atoms with van der Waals surface area (Å²) in [5.41, 5.74) is 5.39. The predicted molar refractivity (Wildman–Crippen MR) is 69.6 cm³/mol. The average molecular weight is 251 g/mol. The van der Waals surface area contributed by atoms with E-state index < -0.39 is 4.92 Å². The minimum absolute atomic E-state index is 0.0353. The lowest BCUT2D eigenvalue weighted by Gasteiger charge is -2.43. The van der Waals surface area contributed by atoms with Gasteiger partial charge in [-0.2, -0.15) is 0 Å². The Morgan fingerprint density at radius 3 is 2.83 bits per heavy atom. The molecule has 1 aromatic heterocycles. The van der Waals surface area contributed by atoms with Crippen LogP contribution in [-0.4, -0.2) is 35.1 Å². The van der Waals surface area contributed by atoms with Crippen LogP contribution in [0.5, 0.6) is 0 Å². The molecule has 0 amide bonds. The van der Waals surface area contributed by atoms with Crippen LogP contribution in [-0.2, 0) is 0 Å². The predicted octanol–water partition coefficient (Wildman–Crippen LogP) is 0.760. The summed E-state index contributed by atoms with van der Waals surface area (Å²) in [5, 5.41) is 14.0. The zero-order valence-corrected chi connectivity index (χ0v) is 10.5. The Kier molecular flexibility index (Phi) is 3.08. The first kappa shape index (κ1) is 12.6. The molecular formula is C11H17N5O2. The Morgan fingerprint density at radius 2 is 2.28 bits per heavy atom. The highest BCUT2D eigenvalue weighted by molar-refractivity contribution is 5.58. The van der Waals surface area contributed by atoms with Crippen LogP contribution in [0.15, 0.2) is 12.1 Å². The smallest absolute Gasteiger partial charge is 0.311 e. The number of pyridine rings is 1. The summed E-state index contributed by atoms with van der Waals surface area (Å²) >= 11 is 0. The van der Waals surface area contributed by atoms with Gasteiger partial charge in [0, 0.05) is 31.2 Å². The summed E-state index contributed by atoms with van der Waals surface area (Å²) in [4.78, 5) is 16.4. The van der Waals surface area contributed by atoms with Crippen molar-refractivity contribution in [3.63, 3.8) is 0 Å². The fourth-order valence-electron chi connectivity index (χ4n) is 2.17. The van der Waals surface area contributed by atoms with Gasteiger partial charge >= 0.3 is 5.69 Å². The van der Waals surface area contributed by atoms with Crippen LogP contribution in [0, 0.1) is 10.1 Å². The molecule has 0 radical (unpaired) electrons. The first-order valence-electron chi connectivity index (χ1n) is 5.81. The minimum Gasteiger partial charge on any atom is -0.378 e. The second kappa shape index (κ2) is 4.41. The van der Waals surface area contributed by atoms with Crippen LogP contribution in [0.2, 0.25) is 0 Å². The lowest BCUT2D eigenvalue weighted by molar-refractivity contribution is -0.384. The summed E-state index contributed by atoms with van der Waals surface area (Å²) < 4.78 is 0. The number of hydrogen-bond donors (Lipinski definition) is 2. The summed E-state index contributed by atoms with van der Waals surface area (Å²) in [7, 11) is 0. The number of rotatable bonds is 2. The van der Waals surface area contributed by atoms with Gasteiger partial charge in [0.2, 0.25) is 5.82 Å². The number of hydrogen-bond acceptors (Lipinski definition) is 6. The first-order chi connectivity index (χ1) is 8.42. The molecule has 1 aliphatic rings. The largest absolute Gasteiger partial charge is 0.378 e. The summed E-state index contributed by atoms with van der Waals surface area (Å²) in [6.07, 6.45) is 0. The lowest BCUT2D eigenvalue weighted by atomic mass is 10.0. The Labute approximate surface area is 105 Å². The number of piperazine rings is 1. The number of nitrogens with zero attached hydrogens (tertiary/aromatic N) is 3. The van der Waals surface area contributed by atoms with Crippen LogP contribution in [0.1, 0.15) is 13.8 Å². The lowest BCUT2D eigenvalue weighted by Crippen LogP contribution is -2.58. The van der Waals surface area contributed by atoms with E-state index >= 15 is 0 Å². The maximum absolute atomic E-state index is 10.7. The molecule has 1 aromatic rings. The third-order valence-electron chi connectivity index (χ3n) is 3.16. The van der Waals surface area contributed by atoms with Crippen molar-refractivity contribution < 1.29 is 4.92 Å². The monoisotopic (exact) mass is 251 g/mol. The van der Waals surface area contributed by atoms with Crippen molar-refractivity contribution in [3.05, 3.63) is 22.2 Å². The van der Waals surface area contributed by atoms with E-state index in [0.29, 0.717) is 5.82 Å². The van der Waals surface area contributed by atoms with Crippen LogP contribution in [0.3, 0.4) is 0 Å². The second-order valence-corrected chi connectivity index (χ2v) is 4.97. The van der Waals surface area contributed by atoms with Gasteiger partial charge in [0.25, 0.3) is 0 Å². The molecule has 0 saturated carbocycles. The maximum atomic E-state index is 10.7. The van der Waals surface area contributed by atoms with Crippen molar-refractivity contribution in [1.82, 2.24) is 10.3 Å². The van der Waals surface area contributed by atoms with Gasteiger partial charge in [0.15, 0.2) is 0 Å². The molecule has 7 nitrogen and oxygen atoms in total. The van der Waals surface area contributed by atoms with Crippen LogP contribution < -0.4 is 16.0 Å².